The third kappa shape index (κ3) is 3.31. The average molecular weight is 367 g/mol. The molecule has 0 saturated carbocycles. The van der Waals surface area contributed by atoms with Gasteiger partial charge in [0.15, 0.2) is 11.5 Å². The summed E-state index contributed by atoms with van der Waals surface area (Å²) in [5.41, 5.74) is 2.07. The number of fused-ring (bicyclic) bond motifs is 2. The summed E-state index contributed by atoms with van der Waals surface area (Å²) in [7, 11) is 0. The Labute approximate surface area is 158 Å². The lowest BCUT2D eigenvalue weighted by Crippen LogP contribution is -2.26. The molecule has 3 aromatic heterocycles. The van der Waals surface area contributed by atoms with Gasteiger partial charge >= 0.3 is 0 Å². The Hall–Kier alpha value is -2.77. The van der Waals surface area contributed by atoms with Crippen LogP contribution in [0.5, 0.6) is 0 Å². The van der Waals surface area contributed by atoms with Gasteiger partial charge in [0.25, 0.3) is 5.91 Å². The molecule has 0 fully saturated rings. The highest BCUT2D eigenvalue weighted by atomic mass is 16.1. The number of hydrogen-bond acceptors (Lipinski definition) is 5. The van der Waals surface area contributed by atoms with E-state index in [0.29, 0.717) is 17.8 Å². The van der Waals surface area contributed by atoms with Gasteiger partial charge in [-0.3, -0.25) is 4.79 Å². The van der Waals surface area contributed by atoms with Crippen molar-refractivity contribution in [1.29, 1.82) is 0 Å². The second kappa shape index (κ2) is 7.09. The molecule has 27 heavy (non-hydrogen) atoms. The van der Waals surface area contributed by atoms with Crippen molar-refractivity contribution in [2.45, 2.75) is 65.6 Å². The lowest BCUT2D eigenvalue weighted by molar-refractivity contribution is 0.0948. The summed E-state index contributed by atoms with van der Waals surface area (Å²) in [4.78, 5) is 17.4. The van der Waals surface area contributed by atoms with Gasteiger partial charge in [0.1, 0.15) is 5.82 Å². The van der Waals surface area contributed by atoms with Crippen molar-refractivity contribution in [2.75, 3.05) is 0 Å². The Bertz CT molecular complexity index is 986. The van der Waals surface area contributed by atoms with Crippen molar-refractivity contribution >= 4 is 16.9 Å². The molecular weight excluding hydrogens is 342 g/mol. The summed E-state index contributed by atoms with van der Waals surface area (Å²) in [5.74, 6) is 1.70. The van der Waals surface area contributed by atoms with E-state index >= 15 is 0 Å². The van der Waals surface area contributed by atoms with E-state index < -0.39 is 0 Å². The van der Waals surface area contributed by atoms with Crippen LogP contribution in [0.1, 0.15) is 66.9 Å². The standard InChI is InChI=1S/C19H25N7O/c1-12(2)26-18-14(10-21-26)9-15(13(3)22-18)19(27)20-11-17-24-23-16-7-5-4-6-8-25(16)17/h9-10,12H,4-8,11H2,1-3H3,(H,20,27). The molecule has 0 bridgehead atoms. The van der Waals surface area contributed by atoms with Crippen LogP contribution >= 0.6 is 0 Å². The summed E-state index contributed by atoms with van der Waals surface area (Å²) in [6, 6.07) is 2.08. The van der Waals surface area contributed by atoms with E-state index in [9.17, 15) is 4.79 Å². The molecule has 4 heterocycles. The lowest BCUT2D eigenvalue weighted by Gasteiger charge is -2.10. The van der Waals surface area contributed by atoms with Crippen molar-refractivity contribution in [2.24, 2.45) is 0 Å². The predicted molar refractivity (Wildman–Crippen MR) is 101 cm³/mol. The zero-order chi connectivity index (χ0) is 19.0. The second-order valence-corrected chi connectivity index (χ2v) is 7.39. The first kappa shape index (κ1) is 17.6. The highest BCUT2D eigenvalue weighted by molar-refractivity contribution is 5.98. The minimum Gasteiger partial charge on any atom is -0.345 e. The van der Waals surface area contributed by atoms with Gasteiger partial charge < -0.3 is 9.88 Å². The number of aromatic nitrogens is 6. The maximum absolute atomic E-state index is 12.7. The molecular formula is C19H25N7O. The molecule has 0 spiro atoms. The fourth-order valence-corrected chi connectivity index (χ4v) is 3.60. The van der Waals surface area contributed by atoms with E-state index in [1.54, 1.807) is 6.20 Å². The first-order valence-corrected chi connectivity index (χ1v) is 9.58. The maximum atomic E-state index is 12.7. The van der Waals surface area contributed by atoms with Gasteiger partial charge in [0.2, 0.25) is 0 Å². The van der Waals surface area contributed by atoms with Crippen LogP contribution in [-0.4, -0.2) is 35.4 Å². The number of carbonyl (C=O) groups excluding carboxylic acids is 1. The molecule has 0 unspecified atom stereocenters. The fraction of sp³-hybridized carbons (Fsp3) is 0.526. The molecule has 1 aliphatic rings. The fourth-order valence-electron chi connectivity index (χ4n) is 3.60. The molecule has 1 N–H and O–H groups in total. The normalized spacial score (nSPS) is 14.4. The SMILES string of the molecule is Cc1nc2c(cnn2C(C)C)cc1C(=O)NCc1nnc2n1CCCCC2. The topological polar surface area (TPSA) is 90.5 Å². The number of carbonyl (C=O) groups is 1. The molecule has 1 amide bonds. The van der Waals surface area contributed by atoms with Crippen molar-refractivity contribution < 1.29 is 4.79 Å². The van der Waals surface area contributed by atoms with E-state index in [0.717, 1.165) is 48.5 Å². The van der Waals surface area contributed by atoms with Gasteiger partial charge in [-0.1, -0.05) is 6.42 Å². The summed E-state index contributed by atoms with van der Waals surface area (Å²) in [5, 5.41) is 16.8. The van der Waals surface area contributed by atoms with Crippen LogP contribution < -0.4 is 5.32 Å². The van der Waals surface area contributed by atoms with E-state index in [1.807, 2.05) is 17.7 Å². The Kier molecular flexibility index (Phi) is 4.63. The lowest BCUT2D eigenvalue weighted by atomic mass is 10.1. The number of rotatable bonds is 4. The number of hydrogen-bond donors (Lipinski definition) is 1. The van der Waals surface area contributed by atoms with Crippen LogP contribution in [0, 0.1) is 6.92 Å². The molecule has 0 aliphatic carbocycles. The summed E-state index contributed by atoms with van der Waals surface area (Å²) in [6.07, 6.45) is 6.21. The molecule has 4 rings (SSSR count). The van der Waals surface area contributed by atoms with E-state index in [4.69, 9.17) is 0 Å². The maximum Gasteiger partial charge on any atom is 0.253 e. The Morgan fingerprint density at radius 1 is 1.26 bits per heavy atom. The Morgan fingerprint density at radius 3 is 2.93 bits per heavy atom. The van der Waals surface area contributed by atoms with E-state index in [1.165, 1.54) is 6.42 Å². The highest BCUT2D eigenvalue weighted by Crippen LogP contribution is 2.19. The Morgan fingerprint density at radius 2 is 2.11 bits per heavy atom. The average Bonchev–Trinajstić information content (AvgIpc) is 3.15. The van der Waals surface area contributed by atoms with Crippen molar-refractivity contribution in [3.05, 3.63) is 35.2 Å². The molecule has 8 nitrogen and oxygen atoms in total. The van der Waals surface area contributed by atoms with E-state index in [-0.39, 0.29) is 11.9 Å². The first-order chi connectivity index (χ1) is 13.0. The van der Waals surface area contributed by atoms with Gasteiger partial charge in [-0.25, -0.2) is 9.67 Å². The van der Waals surface area contributed by atoms with Crippen LogP contribution in [0.3, 0.4) is 0 Å². The van der Waals surface area contributed by atoms with Crippen LogP contribution in [-0.2, 0) is 19.5 Å². The van der Waals surface area contributed by atoms with Crippen molar-refractivity contribution in [3.63, 3.8) is 0 Å². The first-order valence-electron chi connectivity index (χ1n) is 9.58. The van der Waals surface area contributed by atoms with Crippen molar-refractivity contribution in [3.8, 4) is 0 Å². The number of nitrogens with one attached hydrogen (secondary N) is 1. The predicted octanol–water partition coefficient (Wildman–Crippen LogP) is 2.57. The largest absolute Gasteiger partial charge is 0.345 e. The monoisotopic (exact) mass is 367 g/mol. The zero-order valence-corrected chi connectivity index (χ0v) is 16.1. The molecule has 8 heteroatoms. The minimum absolute atomic E-state index is 0.148. The molecule has 142 valence electrons. The molecule has 0 radical (unpaired) electrons. The Balaban J connectivity index is 1.53. The molecule has 0 saturated heterocycles. The summed E-state index contributed by atoms with van der Waals surface area (Å²) < 4.78 is 4.02. The molecule has 0 aromatic carbocycles. The molecule has 0 atom stereocenters. The third-order valence-corrected chi connectivity index (χ3v) is 5.09. The summed E-state index contributed by atoms with van der Waals surface area (Å²) in [6.45, 7) is 7.27. The number of amides is 1. The van der Waals surface area contributed by atoms with Gasteiger partial charge in [-0.15, -0.1) is 10.2 Å². The van der Waals surface area contributed by atoms with E-state index in [2.05, 4.69) is 44.0 Å². The van der Waals surface area contributed by atoms with Gasteiger partial charge in [0, 0.05) is 24.4 Å². The van der Waals surface area contributed by atoms with Crippen LogP contribution in [0.25, 0.3) is 11.0 Å². The number of pyridine rings is 1. The zero-order valence-electron chi connectivity index (χ0n) is 16.1. The number of aryl methyl sites for hydroxylation is 2. The molecule has 3 aromatic rings. The quantitative estimate of drug-likeness (QED) is 0.765. The van der Waals surface area contributed by atoms with Crippen LogP contribution in [0.15, 0.2) is 12.3 Å². The van der Waals surface area contributed by atoms with Crippen LogP contribution in [0.4, 0.5) is 0 Å². The molecule has 1 aliphatic heterocycles. The van der Waals surface area contributed by atoms with Gasteiger partial charge in [-0.2, -0.15) is 5.10 Å². The van der Waals surface area contributed by atoms with Gasteiger partial charge in [-0.05, 0) is 39.7 Å². The summed E-state index contributed by atoms with van der Waals surface area (Å²) >= 11 is 0. The second-order valence-electron chi connectivity index (χ2n) is 7.39. The highest BCUT2D eigenvalue weighted by Gasteiger charge is 2.18. The third-order valence-electron chi connectivity index (χ3n) is 5.09. The smallest absolute Gasteiger partial charge is 0.253 e. The number of nitrogens with zero attached hydrogens (tertiary/aromatic N) is 6. The van der Waals surface area contributed by atoms with Crippen molar-refractivity contribution in [1.82, 2.24) is 34.8 Å². The van der Waals surface area contributed by atoms with Crippen LogP contribution in [0.2, 0.25) is 0 Å². The van der Waals surface area contributed by atoms with Gasteiger partial charge in [0.05, 0.1) is 24.0 Å². The minimum atomic E-state index is -0.148.